The van der Waals surface area contributed by atoms with Crippen LogP contribution in [0.2, 0.25) is 10.0 Å². The number of carbonyl (C=O) groups excluding carboxylic acids is 1. The highest BCUT2D eigenvalue weighted by molar-refractivity contribution is 6.31. The Kier molecular flexibility index (Phi) is 6.10. The lowest BCUT2D eigenvalue weighted by molar-refractivity contribution is 0.102. The molecule has 0 unspecified atom stereocenters. The minimum atomic E-state index is -0.286. The number of halogens is 2. The lowest BCUT2D eigenvalue weighted by Gasteiger charge is -2.09. The van der Waals surface area contributed by atoms with Gasteiger partial charge in [0.15, 0.2) is 0 Å². The molecule has 6 heteroatoms. The molecule has 1 heterocycles. The smallest absolute Gasteiger partial charge is 0.274 e. The van der Waals surface area contributed by atoms with Crippen molar-refractivity contribution in [2.75, 3.05) is 17.2 Å². The van der Waals surface area contributed by atoms with Gasteiger partial charge in [0.05, 0.1) is 0 Å². The SMILES string of the molecule is O=C(Nc1cccc(Cl)c1)c1cc(NCCc2cccc(Cl)c2)ccn1. The predicted molar refractivity (Wildman–Crippen MR) is 107 cm³/mol. The number of anilines is 2. The number of amides is 1. The molecule has 2 N–H and O–H groups in total. The Morgan fingerprint density at radius 3 is 2.46 bits per heavy atom. The van der Waals surface area contributed by atoms with Gasteiger partial charge in [-0.15, -0.1) is 0 Å². The number of hydrogen-bond acceptors (Lipinski definition) is 3. The Hall–Kier alpha value is -2.56. The van der Waals surface area contributed by atoms with Crippen LogP contribution < -0.4 is 10.6 Å². The first-order valence-corrected chi connectivity index (χ1v) is 8.87. The summed E-state index contributed by atoms with van der Waals surface area (Å²) in [5.74, 6) is -0.286. The molecule has 0 radical (unpaired) electrons. The van der Waals surface area contributed by atoms with Crippen LogP contribution in [-0.2, 0) is 6.42 Å². The normalized spacial score (nSPS) is 10.4. The lowest BCUT2D eigenvalue weighted by atomic mass is 10.1. The first-order valence-electron chi connectivity index (χ1n) is 8.11. The number of nitrogens with zero attached hydrogens (tertiary/aromatic N) is 1. The summed E-state index contributed by atoms with van der Waals surface area (Å²) >= 11 is 11.9. The molecular formula is C20H17Cl2N3O. The maximum atomic E-state index is 12.4. The minimum absolute atomic E-state index is 0.286. The third kappa shape index (κ3) is 5.22. The number of hydrogen-bond donors (Lipinski definition) is 2. The van der Waals surface area contributed by atoms with E-state index in [4.69, 9.17) is 23.2 Å². The Balaban J connectivity index is 1.59. The molecule has 1 amide bonds. The van der Waals surface area contributed by atoms with Gasteiger partial charge in [0.2, 0.25) is 0 Å². The molecule has 0 saturated carbocycles. The summed E-state index contributed by atoms with van der Waals surface area (Å²) in [7, 11) is 0. The lowest BCUT2D eigenvalue weighted by Crippen LogP contribution is -2.14. The van der Waals surface area contributed by atoms with Gasteiger partial charge in [-0.3, -0.25) is 9.78 Å². The molecule has 0 aliphatic rings. The van der Waals surface area contributed by atoms with Crippen molar-refractivity contribution in [2.24, 2.45) is 0 Å². The van der Waals surface area contributed by atoms with Crippen LogP contribution in [0.3, 0.4) is 0 Å². The van der Waals surface area contributed by atoms with Crippen LogP contribution in [0.15, 0.2) is 66.9 Å². The fourth-order valence-corrected chi connectivity index (χ4v) is 2.87. The van der Waals surface area contributed by atoms with Crippen molar-refractivity contribution in [3.05, 3.63) is 88.2 Å². The second kappa shape index (κ2) is 8.70. The molecule has 0 aliphatic carbocycles. The molecule has 2 aromatic carbocycles. The van der Waals surface area contributed by atoms with Crippen LogP contribution in [0.25, 0.3) is 0 Å². The summed E-state index contributed by atoms with van der Waals surface area (Å²) < 4.78 is 0. The van der Waals surface area contributed by atoms with Crippen LogP contribution in [0.4, 0.5) is 11.4 Å². The van der Waals surface area contributed by atoms with Gasteiger partial charge in [0, 0.05) is 34.2 Å². The van der Waals surface area contributed by atoms with Gasteiger partial charge in [0.25, 0.3) is 5.91 Å². The highest BCUT2D eigenvalue weighted by Crippen LogP contribution is 2.17. The Bertz CT molecular complexity index is 915. The predicted octanol–water partition coefficient (Wildman–Crippen LogP) is 5.30. The molecule has 4 nitrogen and oxygen atoms in total. The summed E-state index contributed by atoms with van der Waals surface area (Å²) in [6, 6.07) is 18.3. The van der Waals surface area contributed by atoms with Crippen LogP contribution in [0.1, 0.15) is 16.1 Å². The van der Waals surface area contributed by atoms with Gasteiger partial charge >= 0.3 is 0 Å². The first kappa shape index (κ1) is 18.2. The van der Waals surface area contributed by atoms with Gasteiger partial charge in [-0.1, -0.05) is 41.4 Å². The molecule has 0 spiro atoms. The Labute approximate surface area is 162 Å². The van der Waals surface area contributed by atoms with Gasteiger partial charge in [-0.05, 0) is 54.4 Å². The van der Waals surface area contributed by atoms with Crippen LogP contribution >= 0.6 is 23.2 Å². The van der Waals surface area contributed by atoms with E-state index >= 15 is 0 Å². The first-order chi connectivity index (χ1) is 12.6. The van der Waals surface area contributed by atoms with E-state index in [1.807, 2.05) is 30.3 Å². The van der Waals surface area contributed by atoms with Crippen molar-refractivity contribution in [1.82, 2.24) is 4.98 Å². The number of aromatic nitrogens is 1. The van der Waals surface area contributed by atoms with Gasteiger partial charge < -0.3 is 10.6 Å². The number of benzene rings is 2. The number of rotatable bonds is 6. The van der Waals surface area contributed by atoms with Crippen molar-refractivity contribution < 1.29 is 4.79 Å². The molecule has 0 fully saturated rings. The highest BCUT2D eigenvalue weighted by Gasteiger charge is 2.09. The van der Waals surface area contributed by atoms with Crippen molar-refractivity contribution in [3.8, 4) is 0 Å². The van der Waals surface area contributed by atoms with E-state index < -0.39 is 0 Å². The molecule has 0 bridgehead atoms. The fraction of sp³-hybridized carbons (Fsp3) is 0.100. The van der Waals surface area contributed by atoms with Crippen molar-refractivity contribution in [1.29, 1.82) is 0 Å². The molecule has 0 atom stereocenters. The zero-order valence-corrected chi connectivity index (χ0v) is 15.4. The quantitative estimate of drug-likeness (QED) is 0.605. The van der Waals surface area contributed by atoms with E-state index in [1.54, 1.807) is 36.5 Å². The number of pyridine rings is 1. The maximum Gasteiger partial charge on any atom is 0.274 e. The summed E-state index contributed by atoms with van der Waals surface area (Å²) in [5.41, 5.74) is 2.94. The van der Waals surface area contributed by atoms with Crippen molar-refractivity contribution in [2.45, 2.75) is 6.42 Å². The Morgan fingerprint density at radius 2 is 1.69 bits per heavy atom. The molecule has 0 aliphatic heterocycles. The molecule has 0 saturated heterocycles. The van der Waals surface area contributed by atoms with E-state index in [-0.39, 0.29) is 5.91 Å². The zero-order valence-electron chi connectivity index (χ0n) is 13.9. The van der Waals surface area contributed by atoms with Crippen LogP contribution in [0, 0.1) is 0 Å². The van der Waals surface area contributed by atoms with Crippen LogP contribution in [0.5, 0.6) is 0 Å². The molecule has 3 aromatic rings. The molecule has 132 valence electrons. The van der Waals surface area contributed by atoms with Gasteiger partial charge in [-0.2, -0.15) is 0 Å². The number of carbonyl (C=O) groups is 1. The van der Waals surface area contributed by atoms with E-state index in [2.05, 4.69) is 15.6 Å². The highest BCUT2D eigenvalue weighted by atomic mass is 35.5. The molecule has 1 aromatic heterocycles. The Morgan fingerprint density at radius 1 is 0.923 bits per heavy atom. The summed E-state index contributed by atoms with van der Waals surface area (Å²) in [6.45, 7) is 0.722. The maximum absolute atomic E-state index is 12.4. The third-order valence-electron chi connectivity index (χ3n) is 3.71. The van der Waals surface area contributed by atoms with Crippen LogP contribution in [-0.4, -0.2) is 17.4 Å². The second-order valence-electron chi connectivity index (χ2n) is 5.70. The monoisotopic (exact) mass is 385 g/mol. The third-order valence-corrected chi connectivity index (χ3v) is 4.18. The number of nitrogens with one attached hydrogen (secondary N) is 2. The fourth-order valence-electron chi connectivity index (χ4n) is 2.47. The largest absolute Gasteiger partial charge is 0.385 e. The molecular weight excluding hydrogens is 369 g/mol. The molecule has 26 heavy (non-hydrogen) atoms. The summed E-state index contributed by atoms with van der Waals surface area (Å²) in [6.07, 6.45) is 2.43. The van der Waals surface area contributed by atoms with Gasteiger partial charge in [0.1, 0.15) is 5.69 Å². The topological polar surface area (TPSA) is 54.0 Å². The van der Waals surface area contributed by atoms with E-state index in [0.717, 1.165) is 29.2 Å². The minimum Gasteiger partial charge on any atom is -0.385 e. The van der Waals surface area contributed by atoms with Crippen molar-refractivity contribution >= 4 is 40.5 Å². The van der Waals surface area contributed by atoms with E-state index in [1.165, 1.54) is 0 Å². The molecule has 3 rings (SSSR count). The average molecular weight is 386 g/mol. The second-order valence-corrected chi connectivity index (χ2v) is 6.57. The standard InChI is InChI=1S/C20H17Cl2N3O/c21-15-4-1-3-14(11-15)7-9-23-17-8-10-24-19(13-17)20(26)25-18-6-2-5-16(22)12-18/h1-6,8,10-13H,7,9H2,(H,23,24)(H,25,26). The average Bonchev–Trinajstić information content (AvgIpc) is 2.62. The van der Waals surface area contributed by atoms with Crippen molar-refractivity contribution in [3.63, 3.8) is 0 Å². The van der Waals surface area contributed by atoms with E-state index in [9.17, 15) is 4.79 Å². The summed E-state index contributed by atoms with van der Waals surface area (Å²) in [5, 5.41) is 7.37. The van der Waals surface area contributed by atoms with E-state index in [0.29, 0.717) is 16.4 Å². The summed E-state index contributed by atoms with van der Waals surface area (Å²) in [4.78, 5) is 16.5. The zero-order chi connectivity index (χ0) is 18.4. The van der Waals surface area contributed by atoms with Gasteiger partial charge in [-0.25, -0.2) is 0 Å².